The SMILES string of the molecule is Cc1ccccc1NC(=O)C(C)Oc1ccc(Oc2nc3ccccc3s2)cc1. The van der Waals surface area contributed by atoms with Gasteiger partial charge in [-0.3, -0.25) is 4.79 Å². The molecule has 0 aliphatic carbocycles. The number of ether oxygens (including phenoxy) is 2. The third kappa shape index (κ3) is 4.55. The number of fused-ring (bicyclic) bond motifs is 1. The van der Waals surface area contributed by atoms with Crippen molar-refractivity contribution in [3.63, 3.8) is 0 Å². The zero-order valence-electron chi connectivity index (χ0n) is 16.1. The molecule has 0 aliphatic rings. The van der Waals surface area contributed by atoms with Crippen molar-refractivity contribution in [2.75, 3.05) is 5.32 Å². The first-order chi connectivity index (χ1) is 14.1. The van der Waals surface area contributed by atoms with Gasteiger partial charge in [0.15, 0.2) is 6.10 Å². The van der Waals surface area contributed by atoms with Crippen LogP contribution < -0.4 is 14.8 Å². The highest BCUT2D eigenvalue weighted by Crippen LogP contribution is 2.31. The quantitative estimate of drug-likeness (QED) is 0.441. The number of aryl methyl sites for hydroxylation is 1. The van der Waals surface area contributed by atoms with E-state index in [4.69, 9.17) is 9.47 Å². The number of anilines is 1. The van der Waals surface area contributed by atoms with Gasteiger partial charge in [0.25, 0.3) is 11.1 Å². The lowest BCUT2D eigenvalue weighted by Gasteiger charge is -2.16. The number of nitrogens with one attached hydrogen (secondary N) is 1. The predicted molar refractivity (Wildman–Crippen MR) is 116 cm³/mol. The molecule has 3 aromatic carbocycles. The van der Waals surface area contributed by atoms with E-state index in [0.717, 1.165) is 21.5 Å². The Morgan fingerprint density at radius 2 is 1.66 bits per heavy atom. The Hall–Kier alpha value is -3.38. The number of hydrogen-bond acceptors (Lipinski definition) is 5. The second-order valence-corrected chi connectivity index (χ2v) is 7.58. The molecular formula is C23H20N2O3S. The molecule has 0 saturated heterocycles. The summed E-state index contributed by atoms with van der Waals surface area (Å²) in [4.78, 5) is 16.9. The van der Waals surface area contributed by atoms with Gasteiger partial charge in [-0.05, 0) is 61.9 Å². The van der Waals surface area contributed by atoms with Crippen LogP contribution in [-0.4, -0.2) is 17.0 Å². The summed E-state index contributed by atoms with van der Waals surface area (Å²) in [5.74, 6) is 1.05. The molecule has 1 atom stereocenters. The summed E-state index contributed by atoms with van der Waals surface area (Å²) in [5.41, 5.74) is 2.71. The predicted octanol–water partition coefficient (Wildman–Crippen LogP) is 5.80. The molecule has 1 aromatic heterocycles. The number of nitrogens with zero attached hydrogens (tertiary/aromatic N) is 1. The van der Waals surface area contributed by atoms with E-state index in [2.05, 4.69) is 10.3 Å². The van der Waals surface area contributed by atoms with Gasteiger partial charge in [0.05, 0.1) is 10.2 Å². The van der Waals surface area contributed by atoms with Crippen molar-refractivity contribution >= 4 is 33.1 Å². The number of amides is 1. The Morgan fingerprint density at radius 1 is 0.966 bits per heavy atom. The highest BCUT2D eigenvalue weighted by molar-refractivity contribution is 7.20. The maximum Gasteiger partial charge on any atom is 0.279 e. The topological polar surface area (TPSA) is 60.5 Å². The summed E-state index contributed by atoms with van der Waals surface area (Å²) in [7, 11) is 0. The molecule has 6 heteroatoms. The first-order valence-corrected chi connectivity index (χ1v) is 10.1. The number of hydrogen-bond donors (Lipinski definition) is 1. The van der Waals surface area contributed by atoms with Crippen molar-refractivity contribution in [2.24, 2.45) is 0 Å². The van der Waals surface area contributed by atoms with Crippen LogP contribution >= 0.6 is 11.3 Å². The molecule has 0 bridgehead atoms. The van der Waals surface area contributed by atoms with E-state index < -0.39 is 6.10 Å². The molecular weight excluding hydrogens is 384 g/mol. The van der Waals surface area contributed by atoms with E-state index in [1.54, 1.807) is 31.2 Å². The van der Waals surface area contributed by atoms with E-state index in [0.29, 0.717) is 16.7 Å². The van der Waals surface area contributed by atoms with Crippen LogP contribution in [0.5, 0.6) is 16.7 Å². The third-order valence-corrected chi connectivity index (χ3v) is 5.30. The van der Waals surface area contributed by atoms with Crippen LogP contribution in [0.3, 0.4) is 0 Å². The fraction of sp³-hybridized carbons (Fsp3) is 0.130. The van der Waals surface area contributed by atoms with Crippen LogP contribution in [0.25, 0.3) is 10.2 Å². The van der Waals surface area contributed by atoms with Crippen molar-refractivity contribution in [2.45, 2.75) is 20.0 Å². The van der Waals surface area contributed by atoms with Crippen molar-refractivity contribution in [3.8, 4) is 16.7 Å². The van der Waals surface area contributed by atoms with E-state index in [-0.39, 0.29) is 5.91 Å². The fourth-order valence-corrected chi connectivity index (χ4v) is 3.62. The lowest BCUT2D eigenvalue weighted by atomic mass is 10.2. The summed E-state index contributed by atoms with van der Waals surface area (Å²) < 4.78 is 12.7. The van der Waals surface area contributed by atoms with Crippen molar-refractivity contribution in [3.05, 3.63) is 78.4 Å². The summed E-state index contributed by atoms with van der Waals surface area (Å²) in [6.07, 6.45) is -0.634. The maximum absolute atomic E-state index is 12.4. The van der Waals surface area contributed by atoms with Gasteiger partial charge in [0, 0.05) is 5.69 Å². The largest absolute Gasteiger partial charge is 0.481 e. The van der Waals surface area contributed by atoms with Crippen molar-refractivity contribution in [1.82, 2.24) is 4.98 Å². The molecule has 0 saturated carbocycles. The number of thiazole rings is 1. The molecule has 1 unspecified atom stereocenters. The molecule has 1 N–H and O–H groups in total. The Balaban J connectivity index is 1.37. The second kappa shape index (κ2) is 8.32. The van der Waals surface area contributed by atoms with Crippen LogP contribution in [0, 0.1) is 6.92 Å². The van der Waals surface area contributed by atoms with Crippen molar-refractivity contribution in [1.29, 1.82) is 0 Å². The Bertz CT molecular complexity index is 1110. The lowest BCUT2D eigenvalue weighted by molar-refractivity contribution is -0.122. The standard InChI is InChI=1S/C23H20N2O3S/c1-15-7-3-4-8-19(15)24-22(26)16(2)27-17-11-13-18(14-12-17)28-23-25-20-9-5-6-10-21(20)29-23/h3-14,16H,1-2H3,(H,24,26). The van der Waals surface area contributed by atoms with E-state index in [1.165, 1.54) is 11.3 Å². The third-order valence-electron chi connectivity index (χ3n) is 4.39. The molecule has 1 amide bonds. The Morgan fingerprint density at radius 3 is 2.41 bits per heavy atom. The number of rotatable bonds is 6. The number of para-hydroxylation sites is 2. The molecule has 4 rings (SSSR count). The molecule has 0 radical (unpaired) electrons. The maximum atomic E-state index is 12.4. The van der Waals surface area contributed by atoms with Crippen LogP contribution in [0.1, 0.15) is 12.5 Å². The smallest absolute Gasteiger partial charge is 0.279 e. The number of benzene rings is 3. The van der Waals surface area contributed by atoms with Crippen LogP contribution in [0.15, 0.2) is 72.8 Å². The molecule has 0 aliphatic heterocycles. The monoisotopic (exact) mass is 404 g/mol. The van der Waals surface area contributed by atoms with Gasteiger partial charge in [-0.25, -0.2) is 4.98 Å². The van der Waals surface area contributed by atoms with E-state index in [9.17, 15) is 4.79 Å². The van der Waals surface area contributed by atoms with Crippen molar-refractivity contribution < 1.29 is 14.3 Å². The Labute approximate surface area is 172 Å². The van der Waals surface area contributed by atoms with Gasteiger partial charge >= 0.3 is 0 Å². The summed E-state index contributed by atoms with van der Waals surface area (Å²) in [6, 6.07) is 22.7. The van der Waals surface area contributed by atoms with Gasteiger partial charge in [-0.15, -0.1) is 0 Å². The number of carbonyl (C=O) groups is 1. The average molecular weight is 404 g/mol. The normalized spacial score (nSPS) is 11.8. The van der Waals surface area contributed by atoms with Crippen LogP contribution in [-0.2, 0) is 4.79 Å². The van der Waals surface area contributed by atoms with Crippen LogP contribution in [0.2, 0.25) is 0 Å². The highest BCUT2D eigenvalue weighted by Gasteiger charge is 2.16. The minimum absolute atomic E-state index is 0.200. The van der Waals surface area contributed by atoms with Gasteiger partial charge in [-0.2, -0.15) is 0 Å². The molecule has 0 spiro atoms. The molecule has 146 valence electrons. The Kier molecular flexibility index (Phi) is 5.44. The first-order valence-electron chi connectivity index (χ1n) is 9.25. The van der Waals surface area contributed by atoms with Gasteiger partial charge in [0.1, 0.15) is 11.5 Å². The molecule has 1 heterocycles. The minimum atomic E-state index is -0.634. The van der Waals surface area contributed by atoms with Gasteiger partial charge in [0.2, 0.25) is 0 Å². The highest BCUT2D eigenvalue weighted by atomic mass is 32.1. The zero-order valence-corrected chi connectivity index (χ0v) is 16.9. The van der Waals surface area contributed by atoms with Crippen LogP contribution in [0.4, 0.5) is 5.69 Å². The first kappa shape index (κ1) is 19.0. The van der Waals surface area contributed by atoms with Gasteiger partial charge < -0.3 is 14.8 Å². The lowest BCUT2D eigenvalue weighted by Crippen LogP contribution is -2.30. The zero-order chi connectivity index (χ0) is 20.2. The minimum Gasteiger partial charge on any atom is -0.481 e. The summed E-state index contributed by atoms with van der Waals surface area (Å²) >= 11 is 1.50. The second-order valence-electron chi connectivity index (χ2n) is 6.59. The molecule has 29 heavy (non-hydrogen) atoms. The van der Waals surface area contributed by atoms with E-state index in [1.807, 2.05) is 55.5 Å². The molecule has 5 nitrogen and oxygen atoms in total. The summed E-state index contributed by atoms with van der Waals surface area (Å²) in [6.45, 7) is 3.67. The van der Waals surface area contributed by atoms with Gasteiger partial charge in [-0.1, -0.05) is 41.7 Å². The average Bonchev–Trinajstić information content (AvgIpc) is 3.13. The van der Waals surface area contributed by atoms with E-state index >= 15 is 0 Å². The molecule has 4 aromatic rings. The number of aromatic nitrogens is 1. The fourth-order valence-electron chi connectivity index (χ4n) is 2.79. The number of carbonyl (C=O) groups excluding carboxylic acids is 1. The summed E-state index contributed by atoms with van der Waals surface area (Å²) in [5, 5.41) is 3.48. The molecule has 0 fully saturated rings.